The molecule has 18 heavy (non-hydrogen) atoms. The summed E-state index contributed by atoms with van der Waals surface area (Å²) in [6.45, 7) is 2.54. The fourth-order valence-electron chi connectivity index (χ4n) is 1.85. The molecule has 1 rings (SSSR count). The zero-order chi connectivity index (χ0) is 13.2. The highest BCUT2D eigenvalue weighted by atomic mass is 16.5. The zero-order valence-electron chi connectivity index (χ0n) is 11.1. The Labute approximate surface area is 109 Å². The fourth-order valence-corrected chi connectivity index (χ4v) is 1.85. The molecule has 1 unspecified atom stereocenters. The van der Waals surface area contributed by atoms with Gasteiger partial charge in [0, 0.05) is 6.04 Å². The normalized spacial score (nSPS) is 12.1. The van der Waals surface area contributed by atoms with E-state index in [2.05, 4.69) is 19.1 Å². The van der Waals surface area contributed by atoms with Gasteiger partial charge in [0.25, 0.3) is 0 Å². The highest BCUT2D eigenvalue weighted by Crippen LogP contribution is 2.04. The van der Waals surface area contributed by atoms with E-state index in [4.69, 9.17) is 10.5 Å². The number of aryl methyl sites for hydroxylation is 1. The van der Waals surface area contributed by atoms with Crippen molar-refractivity contribution >= 4 is 5.97 Å². The third-order valence-corrected chi connectivity index (χ3v) is 2.80. The number of esters is 1. The average molecular weight is 249 g/mol. The Kier molecular flexibility index (Phi) is 7.11. The van der Waals surface area contributed by atoms with Crippen LogP contribution in [0.3, 0.4) is 0 Å². The van der Waals surface area contributed by atoms with E-state index in [-0.39, 0.29) is 12.0 Å². The maximum absolute atomic E-state index is 11.4. The van der Waals surface area contributed by atoms with Gasteiger partial charge < -0.3 is 10.5 Å². The lowest BCUT2D eigenvalue weighted by atomic mass is 10.1. The van der Waals surface area contributed by atoms with E-state index in [1.807, 2.05) is 18.2 Å². The molecule has 1 atom stereocenters. The third-order valence-electron chi connectivity index (χ3n) is 2.80. The summed E-state index contributed by atoms with van der Waals surface area (Å²) in [5.41, 5.74) is 7.05. The van der Waals surface area contributed by atoms with Crippen molar-refractivity contribution in [1.29, 1.82) is 0 Å². The van der Waals surface area contributed by atoms with Crippen LogP contribution in [0.25, 0.3) is 0 Å². The van der Waals surface area contributed by atoms with Crippen LogP contribution in [0.2, 0.25) is 0 Å². The van der Waals surface area contributed by atoms with Crippen LogP contribution in [0.4, 0.5) is 0 Å². The molecule has 0 aliphatic rings. The van der Waals surface area contributed by atoms with Crippen LogP contribution < -0.4 is 5.73 Å². The molecule has 0 amide bonds. The zero-order valence-corrected chi connectivity index (χ0v) is 11.1. The van der Waals surface area contributed by atoms with Gasteiger partial charge in [0.2, 0.25) is 0 Å². The molecule has 0 spiro atoms. The maximum atomic E-state index is 11.4. The number of carbonyl (C=O) groups is 1. The van der Waals surface area contributed by atoms with E-state index in [0.717, 1.165) is 25.7 Å². The van der Waals surface area contributed by atoms with Crippen molar-refractivity contribution in [1.82, 2.24) is 0 Å². The summed E-state index contributed by atoms with van der Waals surface area (Å²) in [6.07, 6.45) is 4.01. The summed E-state index contributed by atoms with van der Waals surface area (Å²) in [6, 6.07) is 10.1. The second kappa shape index (κ2) is 8.70. The van der Waals surface area contributed by atoms with E-state index in [9.17, 15) is 4.79 Å². The minimum atomic E-state index is -0.177. The standard InChI is InChI=1S/C15H23NO2/c1-2-7-14(16)12-15(17)18-11-6-10-13-8-4-3-5-9-13/h3-5,8-9,14H,2,6-7,10-12,16H2,1H3. The lowest BCUT2D eigenvalue weighted by Crippen LogP contribution is -2.24. The second-order valence-electron chi connectivity index (χ2n) is 4.56. The average Bonchev–Trinajstić information content (AvgIpc) is 2.36. The summed E-state index contributed by atoms with van der Waals surface area (Å²) < 4.78 is 5.16. The summed E-state index contributed by atoms with van der Waals surface area (Å²) in [4.78, 5) is 11.4. The predicted molar refractivity (Wildman–Crippen MR) is 73.2 cm³/mol. The Morgan fingerprint density at radius 3 is 2.72 bits per heavy atom. The second-order valence-corrected chi connectivity index (χ2v) is 4.56. The van der Waals surface area contributed by atoms with Crippen molar-refractivity contribution in [3.8, 4) is 0 Å². The van der Waals surface area contributed by atoms with E-state index < -0.39 is 0 Å². The molecule has 0 saturated heterocycles. The predicted octanol–water partition coefficient (Wildman–Crippen LogP) is 2.68. The molecule has 1 aromatic rings. The van der Waals surface area contributed by atoms with Crippen molar-refractivity contribution < 1.29 is 9.53 Å². The van der Waals surface area contributed by atoms with Gasteiger partial charge in [-0.2, -0.15) is 0 Å². The van der Waals surface area contributed by atoms with Crippen LogP contribution in [0.5, 0.6) is 0 Å². The summed E-state index contributed by atoms with van der Waals surface area (Å²) in [5.74, 6) is -0.177. The topological polar surface area (TPSA) is 52.3 Å². The molecule has 0 aliphatic carbocycles. The highest BCUT2D eigenvalue weighted by molar-refractivity contribution is 5.70. The first-order chi connectivity index (χ1) is 8.72. The number of hydrogen-bond donors (Lipinski definition) is 1. The van der Waals surface area contributed by atoms with Gasteiger partial charge in [-0.1, -0.05) is 43.7 Å². The largest absolute Gasteiger partial charge is 0.466 e. The van der Waals surface area contributed by atoms with Gasteiger partial charge in [0.05, 0.1) is 13.0 Å². The molecule has 3 heteroatoms. The quantitative estimate of drug-likeness (QED) is 0.569. The lowest BCUT2D eigenvalue weighted by molar-refractivity contribution is -0.144. The lowest BCUT2D eigenvalue weighted by Gasteiger charge is -2.09. The highest BCUT2D eigenvalue weighted by Gasteiger charge is 2.09. The minimum absolute atomic E-state index is 0.0587. The first-order valence-corrected chi connectivity index (χ1v) is 6.67. The van der Waals surface area contributed by atoms with Gasteiger partial charge in [-0.3, -0.25) is 4.79 Å². The van der Waals surface area contributed by atoms with Gasteiger partial charge in [-0.05, 0) is 24.8 Å². The van der Waals surface area contributed by atoms with E-state index >= 15 is 0 Å². The Morgan fingerprint density at radius 1 is 1.33 bits per heavy atom. The number of carbonyl (C=O) groups excluding carboxylic acids is 1. The minimum Gasteiger partial charge on any atom is -0.466 e. The van der Waals surface area contributed by atoms with Crippen LogP contribution >= 0.6 is 0 Å². The summed E-state index contributed by atoms with van der Waals surface area (Å²) >= 11 is 0. The number of hydrogen-bond acceptors (Lipinski definition) is 3. The number of rotatable bonds is 8. The Balaban J connectivity index is 2.09. The first kappa shape index (κ1) is 14.7. The Bertz CT molecular complexity index is 338. The SMILES string of the molecule is CCCC(N)CC(=O)OCCCc1ccccc1. The molecule has 0 saturated carbocycles. The number of nitrogens with two attached hydrogens (primary N) is 1. The smallest absolute Gasteiger partial charge is 0.307 e. The third kappa shape index (κ3) is 6.40. The summed E-state index contributed by atoms with van der Waals surface area (Å²) in [7, 11) is 0. The van der Waals surface area contributed by atoms with Gasteiger partial charge >= 0.3 is 5.97 Å². The molecular weight excluding hydrogens is 226 g/mol. The molecule has 2 N–H and O–H groups in total. The van der Waals surface area contributed by atoms with Crippen molar-refractivity contribution in [2.45, 2.75) is 45.1 Å². The Morgan fingerprint density at radius 2 is 2.06 bits per heavy atom. The molecule has 0 fully saturated rings. The van der Waals surface area contributed by atoms with Crippen LogP contribution in [0, 0.1) is 0 Å². The van der Waals surface area contributed by atoms with Crippen molar-refractivity contribution in [2.24, 2.45) is 5.73 Å². The molecule has 100 valence electrons. The molecule has 0 aliphatic heterocycles. The van der Waals surface area contributed by atoms with E-state index in [1.165, 1.54) is 5.56 Å². The molecule has 0 bridgehead atoms. The van der Waals surface area contributed by atoms with Crippen molar-refractivity contribution in [3.63, 3.8) is 0 Å². The molecule has 0 heterocycles. The van der Waals surface area contributed by atoms with Crippen molar-refractivity contribution in [3.05, 3.63) is 35.9 Å². The molecular formula is C15H23NO2. The van der Waals surface area contributed by atoms with Crippen LogP contribution in [-0.2, 0) is 16.0 Å². The number of benzene rings is 1. The Hall–Kier alpha value is -1.35. The van der Waals surface area contributed by atoms with Crippen LogP contribution in [0.15, 0.2) is 30.3 Å². The van der Waals surface area contributed by atoms with Gasteiger partial charge in [-0.15, -0.1) is 0 Å². The van der Waals surface area contributed by atoms with E-state index in [0.29, 0.717) is 13.0 Å². The first-order valence-electron chi connectivity index (χ1n) is 6.67. The number of ether oxygens (including phenoxy) is 1. The molecule has 0 radical (unpaired) electrons. The van der Waals surface area contributed by atoms with Gasteiger partial charge in [-0.25, -0.2) is 0 Å². The van der Waals surface area contributed by atoms with Gasteiger partial charge in [0.15, 0.2) is 0 Å². The summed E-state index contributed by atoms with van der Waals surface area (Å²) in [5, 5.41) is 0. The van der Waals surface area contributed by atoms with Gasteiger partial charge in [0.1, 0.15) is 0 Å². The van der Waals surface area contributed by atoms with E-state index in [1.54, 1.807) is 0 Å². The molecule has 3 nitrogen and oxygen atoms in total. The molecule has 1 aromatic carbocycles. The molecule has 0 aromatic heterocycles. The maximum Gasteiger partial charge on any atom is 0.307 e. The van der Waals surface area contributed by atoms with Crippen molar-refractivity contribution in [2.75, 3.05) is 6.61 Å². The monoisotopic (exact) mass is 249 g/mol. The fraction of sp³-hybridized carbons (Fsp3) is 0.533. The van der Waals surface area contributed by atoms with Crippen LogP contribution in [0.1, 0.15) is 38.2 Å². The van der Waals surface area contributed by atoms with Crippen LogP contribution in [-0.4, -0.2) is 18.6 Å².